The van der Waals surface area contributed by atoms with Gasteiger partial charge in [0.15, 0.2) is 5.13 Å². The van der Waals surface area contributed by atoms with E-state index in [1.807, 2.05) is 0 Å². The number of fused-ring (bicyclic) bond motifs is 1. The molecule has 0 unspecified atom stereocenters. The maximum Gasteiger partial charge on any atom is 0.267 e. The van der Waals surface area contributed by atoms with Crippen molar-refractivity contribution in [2.24, 2.45) is 0 Å². The standard InChI is InChI=1S/C18H15FN6O2S/c1-9-15-11(25-24-9)7-6-10(19)16(15)23-17(26)12-8-20-18(28-12)22-13-4-3-5-14(21-13)27-2/h3-8H,1-2H3,(H,23,26)(H,24,25)(H,20,21,22). The van der Waals surface area contributed by atoms with Crippen molar-refractivity contribution in [3.05, 3.63) is 52.9 Å². The predicted octanol–water partition coefficient (Wildman–Crippen LogP) is 3.87. The molecule has 4 rings (SSSR count). The van der Waals surface area contributed by atoms with Gasteiger partial charge in [-0.15, -0.1) is 0 Å². The van der Waals surface area contributed by atoms with E-state index in [1.165, 1.54) is 19.4 Å². The number of aryl methyl sites for hydroxylation is 1. The van der Waals surface area contributed by atoms with Crippen molar-refractivity contribution in [2.45, 2.75) is 6.92 Å². The third-order valence-electron chi connectivity index (χ3n) is 3.99. The molecular weight excluding hydrogens is 383 g/mol. The molecule has 3 N–H and O–H groups in total. The van der Waals surface area contributed by atoms with Gasteiger partial charge in [-0.25, -0.2) is 9.37 Å². The number of nitrogens with zero attached hydrogens (tertiary/aromatic N) is 3. The summed E-state index contributed by atoms with van der Waals surface area (Å²) in [5.74, 6) is -0.00554. The van der Waals surface area contributed by atoms with Crippen LogP contribution in [0.25, 0.3) is 10.9 Å². The van der Waals surface area contributed by atoms with Gasteiger partial charge in [0.1, 0.15) is 16.5 Å². The molecule has 3 aromatic heterocycles. The van der Waals surface area contributed by atoms with Crippen LogP contribution in [0.1, 0.15) is 15.4 Å². The summed E-state index contributed by atoms with van der Waals surface area (Å²) >= 11 is 1.13. The van der Waals surface area contributed by atoms with Crippen molar-refractivity contribution >= 4 is 44.8 Å². The summed E-state index contributed by atoms with van der Waals surface area (Å²) < 4.78 is 19.4. The lowest BCUT2D eigenvalue weighted by atomic mass is 10.1. The van der Waals surface area contributed by atoms with Crippen molar-refractivity contribution in [3.8, 4) is 5.88 Å². The van der Waals surface area contributed by atoms with E-state index in [0.717, 1.165) is 11.3 Å². The Morgan fingerprint density at radius 3 is 2.96 bits per heavy atom. The van der Waals surface area contributed by atoms with Crippen molar-refractivity contribution < 1.29 is 13.9 Å². The number of carbonyl (C=O) groups is 1. The molecular formula is C18H15FN6O2S. The van der Waals surface area contributed by atoms with Crippen LogP contribution in [0, 0.1) is 12.7 Å². The van der Waals surface area contributed by atoms with Crippen LogP contribution in [-0.2, 0) is 0 Å². The second kappa shape index (κ2) is 7.24. The summed E-state index contributed by atoms with van der Waals surface area (Å²) in [6, 6.07) is 8.08. The predicted molar refractivity (Wildman–Crippen MR) is 105 cm³/mol. The average Bonchev–Trinajstić information content (AvgIpc) is 3.31. The maximum atomic E-state index is 14.3. The number of thiazole rings is 1. The summed E-state index contributed by atoms with van der Waals surface area (Å²) in [5, 5.41) is 13.5. The number of amides is 1. The first-order valence-corrected chi connectivity index (χ1v) is 9.05. The minimum Gasteiger partial charge on any atom is -0.481 e. The van der Waals surface area contributed by atoms with Crippen LogP contribution in [0.2, 0.25) is 0 Å². The van der Waals surface area contributed by atoms with E-state index in [2.05, 4.69) is 30.8 Å². The van der Waals surface area contributed by atoms with Gasteiger partial charge in [0.2, 0.25) is 5.88 Å². The Morgan fingerprint density at radius 1 is 1.29 bits per heavy atom. The molecule has 0 spiro atoms. The lowest BCUT2D eigenvalue weighted by Crippen LogP contribution is -2.12. The molecule has 0 atom stereocenters. The van der Waals surface area contributed by atoms with Crippen molar-refractivity contribution in [1.82, 2.24) is 20.2 Å². The number of benzene rings is 1. The average molecular weight is 398 g/mol. The molecule has 0 aliphatic rings. The number of methoxy groups -OCH3 is 1. The fourth-order valence-corrected chi connectivity index (χ4v) is 3.40. The van der Waals surface area contributed by atoms with E-state index in [0.29, 0.717) is 38.3 Å². The Bertz CT molecular complexity index is 1170. The first kappa shape index (κ1) is 17.9. The number of nitrogens with one attached hydrogen (secondary N) is 3. The Hall–Kier alpha value is -3.53. The third kappa shape index (κ3) is 3.37. The lowest BCUT2D eigenvalue weighted by Gasteiger charge is -2.07. The normalized spacial score (nSPS) is 10.8. The molecule has 0 bridgehead atoms. The number of hydrogen-bond donors (Lipinski definition) is 3. The molecule has 0 radical (unpaired) electrons. The van der Waals surface area contributed by atoms with E-state index in [4.69, 9.17) is 4.74 Å². The number of pyridine rings is 1. The number of rotatable bonds is 5. The zero-order valence-corrected chi connectivity index (χ0v) is 15.7. The highest BCUT2D eigenvalue weighted by Gasteiger charge is 2.18. The van der Waals surface area contributed by atoms with Crippen LogP contribution in [0.4, 0.5) is 21.0 Å². The highest BCUT2D eigenvalue weighted by atomic mass is 32.1. The summed E-state index contributed by atoms with van der Waals surface area (Å²) in [6.07, 6.45) is 1.42. The molecule has 4 aromatic rings. The summed E-state index contributed by atoms with van der Waals surface area (Å²) in [5.41, 5.74) is 1.33. The minimum atomic E-state index is -0.534. The van der Waals surface area contributed by atoms with Gasteiger partial charge in [0.05, 0.1) is 24.5 Å². The zero-order chi connectivity index (χ0) is 19.7. The van der Waals surface area contributed by atoms with Crippen LogP contribution in [0.3, 0.4) is 0 Å². The Kier molecular flexibility index (Phi) is 4.62. The molecule has 0 aliphatic heterocycles. The maximum absolute atomic E-state index is 14.3. The summed E-state index contributed by atoms with van der Waals surface area (Å²) in [7, 11) is 1.53. The van der Waals surface area contributed by atoms with Crippen molar-refractivity contribution in [2.75, 3.05) is 17.7 Å². The van der Waals surface area contributed by atoms with Gasteiger partial charge in [-0.2, -0.15) is 10.1 Å². The van der Waals surface area contributed by atoms with E-state index in [1.54, 1.807) is 31.2 Å². The Morgan fingerprint density at radius 2 is 2.14 bits per heavy atom. The first-order chi connectivity index (χ1) is 13.5. The molecule has 0 aliphatic carbocycles. The van der Waals surface area contributed by atoms with Gasteiger partial charge in [-0.05, 0) is 25.1 Å². The fraction of sp³-hybridized carbons (Fsp3) is 0.111. The molecule has 28 heavy (non-hydrogen) atoms. The molecule has 0 fully saturated rings. The SMILES string of the molecule is COc1cccc(Nc2ncc(C(=O)Nc3c(F)ccc4n[nH]c(C)c34)s2)n1. The van der Waals surface area contributed by atoms with E-state index < -0.39 is 11.7 Å². The summed E-state index contributed by atoms with van der Waals surface area (Å²) in [6.45, 7) is 1.76. The number of anilines is 3. The first-order valence-electron chi connectivity index (χ1n) is 8.23. The Labute approximate surface area is 162 Å². The van der Waals surface area contributed by atoms with E-state index >= 15 is 0 Å². The number of carbonyl (C=O) groups excluding carboxylic acids is 1. The van der Waals surface area contributed by atoms with E-state index in [-0.39, 0.29) is 5.69 Å². The molecule has 3 heterocycles. The van der Waals surface area contributed by atoms with Crippen LogP contribution < -0.4 is 15.4 Å². The van der Waals surface area contributed by atoms with Crippen LogP contribution in [-0.4, -0.2) is 33.2 Å². The minimum absolute atomic E-state index is 0.0890. The van der Waals surface area contributed by atoms with Gasteiger partial charge < -0.3 is 15.4 Å². The molecule has 10 heteroatoms. The third-order valence-corrected chi connectivity index (χ3v) is 4.90. The second-order valence-corrected chi connectivity index (χ2v) is 6.87. The van der Waals surface area contributed by atoms with Crippen molar-refractivity contribution in [3.63, 3.8) is 0 Å². The smallest absolute Gasteiger partial charge is 0.267 e. The highest BCUT2D eigenvalue weighted by Crippen LogP contribution is 2.29. The van der Waals surface area contributed by atoms with Gasteiger partial charge in [-0.1, -0.05) is 17.4 Å². The topological polar surface area (TPSA) is 105 Å². The fourth-order valence-electron chi connectivity index (χ4n) is 2.68. The quantitative estimate of drug-likeness (QED) is 0.471. The number of halogens is 1. The molecule has 142 valence electrons. The summed E-state index contributed by atoms with van der Waals surface area (Å²) in [4.78, 5) is 21.3. The highest BCUT2D eigenvalue weighted by molar-refractivity contribution is 7.17. The molecule has 0 saturated carbocycles. The number of ether oxygens (including phenoxy) is 1. The lowest BCUT2D eigenvalue weighted by molar-refractivity contribution is 0.103. The number of aromatic nitrogens is 4. The number of H-pyrrole nitrogens is 1. The van der Waals surface area contributed by atoms with E-state index in [9.17, 15) is 9.18 Å². The van der Waals surface area contributed by atoms with Crippen LogP contribution in [0.5, 0.6) is 5.88 Å². The number of aromatic amines is 1. The molecule has 1 aromatic carbocycles. The molecule has 1 amide bonds. The Balaban J connectivity index is 1.55. The molecule has 0 saturated heterocycles. The van der Waals surface area contributed by atoms with Gasteiger partial charge >= 0.3 is 0 Å². The zero-order valence-electron chi connectivity index (χ0n) is 14.9. The van der Waals surface area contributed by atoms with Gasteiger partial charge in [0.25, 0.3) is 5.91 Å². The van der Waals surface area contributed by atoms with Crippen LogP contribution in [0.15, 0.2) is 36.5 Å². The van der Waals surface area contributed by atoms with Gasteiger partial charge in [-0.3, -0.25) is 9.89 Å². The number of hydrogen-bond acceptors (Lipinski definition) is 7. The van der Waals surface area contributed by atoms with Gasteiger partial charge in [0, 0.05) is 17.1 Å². The second-order valence-electron chi connectivity index (χ2n) is 5.84. The largest absolute Gasteiger partial charge is 0.481 e. The molecule has 8 nitrogen and oxygen atoms in total. The van der Waals surface area contributed by atoms with Crippen molar-refractivity contribution in [1.29, 1.82) is 0 Å². The van der Waals surface area contributed by atoms with Crippen LogP contribution >= 0.6 is 11.3 Å². The monoisotopic (exact) mass is 398 g/mol.